The molecular weight excluding hydrogens is 664 g/mol. The number of carbonyl (C=O) groups is 4. The van der Waals surface area contributed by atoms with E-state index in [4.69, 9.17) is 28.4 Å². The van der Waals surface area contributed by atoms with Crippen molar-refractivity contribution in [1.82, 2.24) is 0 Å². The third-order valence-electron chi connectivity index (χ3n) is 15.4. The summed E-state index contributed by atoms with van der Waals surface area (Å²) in [5.74, 6) is -3.00. The minimum atomic E-state index is -1.06. The number of cyclic esters (lactones) is 4. The quantitative estimate of drug-likeness (QED) is 0.176. The van der Waals surface area contributed by atoms with Crippen LogP contribution in [-0.2, 0) is 47.6 Å². The van der Waals surface area contributed by atoms with Crippen molar-refractivity contribution in [3.63, 3.8) is 0 Å². The Balaban J connectivity index is 1.24. The first-order valence-corrected chi connectivity index (χ1v) is 20.0. The standard InChI is InChI=1S/C42H60O10/c1-25-9-11-31-39(3)15-7-17-41(31,5)29(25)21-49-33(27-13-19-47-35(27)43)37(45)52-24-40(4)16-8-18-42(6)30(26(2)10-12-32(40)42)22-50-34(38(46)51-23-39)28-14-20-48-36(28)44/h27-34H,1-2,7-24H2,3-6H3/t27-,28-,29-,30-,31-,32-,33+,34+,39-,40-,41+,42+/m0/s1. The molecule has 3 saturated heterocycles. The summed E-state index contributed by atoms with van der Waals surface area (Å²) in [5.41, 5.74) is 1.04. The molecular formula is C42H60O10. The lowest BCUT2D eigenvalue weighted by Gasteiger charge is -2.58. The SMILES string of the molecule is C=C1CC[C@H]2[C@@]3(C)CCC[C@]2(C)[C@H]1CO[C@H]([C@@H]1CCOC1=O)C(=O)OC[C@]1(C)CCC[C@]2(C)[C@@H](CO[C@H]([C@@H]4CCOC4=O)C(=O)OC3)C(=C)CC[C@@H]12. The highest BCUT2D eigenvalue weighted by molar-refractivity contribution is 5.85. The van der Waals surface area contributed by atoms with E-state index in [1.54, 1.807) is 0 Å². The molecule has 3 aliphatic heterocycles. The maximum absolute atomic E-state index is 14.2. The van der Waals surface area contributed by atoms with Gasteiger partial charge in [0.25, 0.3) is 0 Å². The van der Waals surface area contributed by atoms with Crippen LogP contribution < -0.4 is 0 Å². The van der Waals surface area contributed by atoms with Gasteiger partial charge in [-0.25, -0.2) is 9.59 Å². The van der Waals surface area contributed by atoms with E-state index >= 15 is 0 Å². The van der Waals surface area contributed by atoms with Crippen molar-refractivity contribution in [3.8, 4) is 0 Å². The number of hydrogen-bond donors (Lipinski definition) is 0. The summed E-state index contributed by atoms with van der Waals surface area (Å²) in [6.07, 6.45) is 7.63. The van der Waals surface area contributed by atoms with Gasteiger partial charge in [0.15, 0.2) is 12.2 Å². The third kappa shape index (κ3) is 6.45. The van der Waals surface area contributed by atoms with Gasteiger partial charge in [-0.3, -0.25) is 9.59 Å². The lowest BCUT2D eigenvalue weighted by molar-refractivity contribution is -0.185. The number of hydrogen-bond acceptors (Lipinski definition) is 10. The van der Waals surface area contributed by atoms with Gasteiger partial charge in [-0.1, -0.05) is 64.8 Å². The maximum Gasteiger partial charge on any atom is 0.336 e. The van der Waals surface area contributed by atoms with E-state index < -0.39 is 47.9 Å². The topological polar surface area (TPSA) is 124 Å². The van der Waals surface area contributed by atoms with E-state index in [1.165, 1.54) is 0 Å². The second-order valence-corrected chi connectivity index (χ2v) is 18.5. The van der Waals surface area contributed by atoms with Gasteiger partial charge in [-0.2, -0.15) is 0 Å². The normalized spacial score (nSPS) is 46.5. The molecule has 0 aromatic rings. The van der Waals surface area contributed by atoms with Gasteiger partial charge in [0, 0.05) is 22.7 Å². The molecule has 3 heterocycles. The molecule has 7 rings (SSSR count). The molecule has 7 aliphatic rings. The molecule has 7 fully saturated rings. The molecule has 0 unspecified atom stereocenters. The molecule has 0 aromatic heterocycles. The smallest absolute Gasteiger partial charge is 0.336 e. The lowest BCUT2D eigenvalue weighted by atomic mass is 9.47. The number of carbonyl (C=O) groups excluding carboxylic acids is 4. The molecule has 0 spiro atoms. The molecule has 8 bridgehead atoms. The van der Waals surface area contributed by atoms with Gasteiger partial charge >= 0.3 is 23.9 Å². The highest BCUT2D eigenvalue weighted by atomic mass is 16.6. The Labute approximate surface area is 309 Å². The third-order valence-corrected chi connectivity index (χ3v) is 15.4. The summed E-state index contributed by atoms with van der Waals surface area (Å²) < 4.78 is 36.4. The van der Waals surface area contributed by atoms with E-state index in [0.29, 0.717) is 12.8 Å². The molecule has 52 heavy (non-hydrogen) atoms. The van der Waals surface area contributed by atoms with Crippen molar-refractivity contribution in [2.75, 3.05) is 39.6 Å². The molecule has 288 valence electrons. The molecule has 4 saturated carbocycles. The average molecular weight is 725 g/mol. The van der Waals surface area contributed by atoms with Gasteiger partial charge in [0.1, 0.15) is 0 Å². The molecule has 10 heteroatoms. The summed E-state index contributed by atoms with van der Waals surface area (Å²) in [7, 11) is 0. The van der Waals surface area contributed by atoms with Crippen molar-refractivity contribution < 1.29 is 47.6 Å². The van der Waals surface area contributed by atoms with Crippen LogP contribution in [0.25, 0.3) is 0 Å². The van der Waals surface area contributed by atoms with Crippen molar-refractivity contribution in [2.45, 2.75) is 117 Å². The van der Waals surface area contributed by atoms with Crippen LogP contribution in [0, 0.1) is 57.2 Å². The van der Waals surface area contributed by atoms with Crippen LogP contribution in [0.1, 0.15) is 105 Å². The predicted octanol–water partition coefficient (Wildman–Crippen LogP) is 6.54. The Morgan fingerprint density at radius 1 is 0.538 bits per heavy atom. The molecule has 12 atom stereocenters. The Morgan fingerprint density at radius 3 is 1.31 bits per heavy atom. The molecule has 0 aromatic carbocycles. The summed E-state index contributed by atoms with van der Waals surface area (Å²) in [4.78, 5) is 54.2. The van der Waals surface area contributed by atoms with Crippen molar-refractivity contribution in [3.05, 3.63) is 24.3 Å². The predicted molar refractivity (Wildman–Crippen MR) is 190 cm³/mol. The van der Waals surface area contributed by atoms with Crippen molar-refractivity contribution >= 4 is 23.9 Å². The first-order chi connectivity index (χ1) is 24.7. The number of ether oxygens (including phenoxy) is 6. The lowest BCUT2D eigenvalue weighted by Crippen LogP contribution is -2.55. The van der Waals surface area contributed by atoms with Gasteiger partial charge < -0.3 is 28.4 Å². The van der Waals surface area contributed by atoms with Crippen molar-refractivity contribution in [1.29, 1.82) is 0 Å². The average Bonchev–Trinajstić information content (AvgIpc) is 3.72. The van der Waals surface area contributed by atoms with E-state index in [0.717, 1.165) is 75.4 Å². The second kappa shape index (κ2) is 14.2. The van der Waals surface area contributed by atoms with E-state index in [9.17, 15) is 19.2 Å². The zero-order valence-corrected chi connectivity index (χ0v) is 31.8. The fourth-order valence-electron chi connectivity index (χ4n) is 12.4. The Hall–Kier alpha value is -2.72. The molecule has 0 N–H and O–H groups in total. The van der Waals surface area contributed by atoms with Crippen LogP contribution >= 0.6 is 0 Å². The summed E-state index contributed by atoms with van der Waals surface area (Å²) in [5, 5.41) is 0. The molecule has 0 amide bonds. The Bertz CT molecular complexity index is 1360. The van der Waals surface area contributed by atoms with Crippen LogP contribution in [0.3, 0.4) is 0 Å². The summed E-state index contributed by atoms with van der Waals surface area (Å²) >= 11 is 0. The van der Waals surface area contributed by atoms with Crippen LogP contribution in [0.5, 0.6) is 0 Å². The van der Waals surface area contributed by atoms with Crippen molar-refractivity contribution in [2.24, 2.45) is 57.2 Å². The van der Waals surface area contributed by atoms with E-state index in [2.05, 4.69) is 40.9 Å². The van der Waals surface area contributed by atoms with Crippen LogP contribution in [-0.4, -0.2) is 75.7 Å². The highest BCUT2D eigenvalue weighted by Gasteiger charge is 2.58. The second-order valence-electron chi connectivity index (χ2n) is 18.5. The highest BCUT2D eigenvalue weighted by Crippen LogP contribution is 2.63. The van der Waals surface area contributed by atoms with Crippen LogP contribution in [0.2, 0.25) is 0 Å². The van der Waals surface area contributed by atoms with Crippen LogP contribution in [0.15, 0.2) is 24.3 Å². The monoisotopic (exact) mass is 724 g/mol. The van der Waals surface area contributed by atoms with Gasteiger partial charge in [-0.05, 0) is 86.9 Å². The van der Waals surface area contributed by atoms with Gasteiger partial charge in [0.2, 0.25) is 0 Å². The molecule has 10 nitrogen and oxygen atoms in total. The van der Waals surface area contributed by atoms with Gasteiger partial charge in [0.05, 0.1) is 51.5 Å². The first-order valence-electron chi connectivity index (χ1n) is 20.0. The van der Waals surface area contributed by atoms with Gasteiger partial charge in [-0.15, -0.1) is 0 Å². The zero-order chi connectivity index (χ0) is 37.1. The largest absolute Gasteiger partial charge is 0.465 e. The first kappa shape index (κ1) is 37.6. The summed E-state index contributed by atoms with van der Waals surface area (Å²) in [6.45, 7) is 19.4. The Kier molecular flexibility index (Phi) is 10.2. The number of rotatable bonds is 2. The minimum absolute atomic E-state index is 0.0620. The zero-order valence-electron chi connectivity index (χ0n) is 31.8. The van der Waals surface area contributed by atoms with E-state index in [1.807, 2.05) is 0 Å². The fourth-order valence-corrected chi connectivity index (χ4v) is 12.4. The molecule has 0 radical (unpaired) electrons. The fraction of sp³-hybridized carbons (Fsp3) is 0.810. The minimum Gasteiger partial charge on any atom is -0.465 e. The Morgan fingerprint density at radius 2 is 0.942 bits per heavy atom. The summed E-state index contributed by atoms with van der Waals surface area (Å²) in [6, 6.07) is 0. The van der Waals surface area contributed by atoms with Crippen LogP contribution in [0.4, 0.5) is 0 Å². The number of esters is 4. The molecule has 4 aliphatic carbocycles. The van der Waals surface area contributed by atoms with E-state index in [-0.39, 0.29) is 85.0 Å². The maximum atomic E-state index is 14.2.